The predicted molar refractivity (Wildman–Crippen MR) is 165 cm³/mol. The molecule has 1 aliphatic carbocycles. The van der Waals surface area contributed by atoms with Gasteiger partial charge in [0, 0.05) is 28.2 Å². The van der Waals surface area contributed by atoms with Gasteiger partial charge in [-0.25, -0.2) is 9.78 Å². The average Bonchev–Trinajstić information content (AvgIpc) is 3.34. The summed E-state index contributed by atoms with van der Waals surface area (Å²) in [6.07, 6.45) is 2.98. The molecule has 7 nitrogen and oxygen atoms in total. The molecular formula is C32H34N4O3S2. The van der Waals surface area contributed by atoms with Gasteiger partial charge in [-0.05, 0) is 36.2 Å². The molecule has 41 heavy (non-hydrogen) atoms. The molecule has 0 aliphatic heterocycles. The van der Waals surface area contributed by atoms with Crippen molar-refractivity contribution < 1.29 is 14.3 Å². The number of esters is 1. The van der Waals surface area contributed by atoms with Crippen molar-refractivity contribution in [1.82, 2.24) is 15.2 Å². The number of hydrogen-bond donors (Lipinski definition) is 1. The van der Waals surface area contributed by atoms with Gasteiger partial charge in [0.1, 0.15) is 16.4 Å². The number of thioether (sulfide) groups is 1. The largest absolute Gasteiger partial charge is 0.465 e. The van der Waals surface area contributed by atoms with Gasteiger partial charge in [-0.15, -0.1) is 21.5 Å². The predicted octanol–water partition coefficient (Wildman–Crippen LogP) is 7.33. The molecule has 0 spiro atoms. The SMILES string of the molecule is COC(=O)c1c(NC(=O)CCSc2nnc(-c3ccccc3)c(-c3ccccc3)n2)sc2c1CCC(C(C)(C)C)C2. The first-order valence-electron chi connectivity index (χ1n) is 13.8. The lowest BCUT2D eigenvalue weighted by Crippen LogP contribution is -2.26. The lowest BCUT2D eigenvalue weighted by molar-refractivity contribution is -0.115. The molecule has 0 radical (unpaired) electrons. The van der Waals surface area contributed by atoms with Crippen molar-refractivity contribution in [3.63, 3.8) is 0 Å². The van der Waals surface area contributed by atoms with Gasteiger partial charge in [0.2, 0.25) is 11.1 Å². The van der Waals surface area contributed by atoms with Gasteiger partial charge in [-0.2, -0.15) is 0 Å². The molecule has 0 saturated carbocycles. The summed E-state index contributed by atoms with van der Waals surface area (Å²) in [7, 11) is 1.39. The summed E-state index contributed by atoms with van der Waals surface area (Å²) in [5.41, 5.74) is 5.08. The van der Waals surface area contributed by atoms with Crippen molar-refractivity contribution in [2.45, 2.75) is 51.6 Å². The number of fused-ring (bicyclic) bond motifs is 1. The van der Waals surface area contributed by atoms with Crippen molar-refractivity contribution in [2.24, 2.45) is 11.3 Å². The molecule has 1 N–H and O–H groups in total. The maximum Gasteiger partial charge on any atom is 0.341 e. The highest BCUT2D eigenvalue weighted by Gasteiger charge is 2.34. The fraction of sp³-hybridized carbons (Fsp3) is 0.344. The summed E-state index contributed by atoms with van der Waals surface area (Å²) < 4.78 is 5.09. The number of benzene rings is 2. The van der Waals surface area contributed by atoms with Gasteiger partial charge < -0.3 is 10.1 Å². The van der Waals surface area contributed by atoms with E-state index in [4.69, 9.17) is 9.72 Å². The van der Waals surface area contributed by atoms with E-state index in [1.807, 2.05) is 60.7 Å². The number of thiophene rings is 1. The summed E-state index contributed by atoms with van der Waals surface area (Å²) in [6.45, 7) is 6.78. The van der Waals surface area contributed by atoms with Gasteiger partial charge in [0.15, 0.2) is 0 Å². The van der Waals surface area contributed by atoms with Crippen molar-refractivity contribution in [3.8, 4) is 22.5 Å². The summed E-state index contributed by atoms with van der Waals surface area (Å²) in [6, 6.07) is 19.8. The Bertz CT molecular complexity index is 1530. The van der Waals surface area contributed by atoms with E-state index < -0.39 is 5.97 Å². The Kier molecular flexibility index (Phi) is 8.85. The quantitative estimate of drug-likeness (QED) is 0.171. The van der Waals surface area contributed by atoms with Crippen LogP contribution in [0.3, 0.4) is 0 Å². The molecule has 9 heteroatoms. The number of rotatable bonds is 8. The van der Waals surface area contributed by atoms with E-state index in [1.54, 1.807) is 0 Å². The van der Waals surface area contributed by atoms with E-state index in [9.17, 15) is 9.59 Å². The lowest BCUT2D eigenvalue weighted by atomic mass is 9.72. The number of amides is 1. The first kappa shape index (κ1) is 29.0. The number of methoxy groups -OCH3 is 1. The molecule has 1 amide bonds. The van der Waals surface area contributed by atoms with Crippen LogP contribution in [0.4, 0.5) is 5.00 Å². The van der Waals surface area contributed by atoms with Crippen LogP contribution in [0.5, 0.6) is 0 Å². The standard InChI is InChI=1S/C32H34N4O3S2/c1-32(2,3)22-15-16-23-24(19-22)41-29(26(23)30(38)39-4)33-25(37)17-18-40-31-34-27(20-11-7-5-8-12-20)28(35-36-31)21-13-9-6-10-14-21/h5-14,22H,15-19H2,1-4H3,(H,33,37). The normalized spacial score (nSPS) is 14.8. The van der Waals surface area contributed by atoms with Crippen LogP contribution >= 0.6 is 23.1 Å². The second-order valence-electron chi connectivity index (χ2n) is 11.2. The van der Waals surface area contributed by atoms with Crippen molar-refractivity contribution in [3.05, 3.63) is 76.7 Å². The topological polar surface area (TPSA) is 94.1 Å². The molecule has 2 heterocycles. The highest BCUT2D eigenvalue weighted by molar-refractivity contribution is 7.99. The molecule has 0 saturated heterocycles. The lowest BCUT2D eigenvalue weighted by Gasteiger charge is -2.33. The maximum absolute atomic E-state index is 13.0. The Hall–Kier alpha value is -3.56. The van der Waals surface area contributed by atoms with Gasteiger partial charge in [0.25, 0.3) is 0 Å². The molecule has 4 aromatic rings. The van der Waals surface area contributed by atoms with E-state index in [0.29, 0.717) is 33.1 Å². The summed E-state index contributed by atoms with van der Waals surface area (Å²) >= 11 is 2.89. The van der Waals surface area contributed by atoms with Crippen LogP contribution in [-0.2, 0) is 22.4 Å². The van der Waals surface area contributed by atoms with E-state index >= 15 is 0 Å². The van der Waals surface area contributed by atoms with Crippen LogP contribution in [-0.4, -0.2) is 39.9 Å². The minimum Gasteiger partial charge on any atom is -0.465 e. The first-order chi connectivity index (χ1) is 19.7. The van der Waals surface area contributed by atoms with Crippen molar-refractivity contribution in [2.75, 3.05) is 18.2 Å². The maximum atomic E-state index is 13.0. The summed E-state index contributed by atoms with van der Waals surface area (Å²) in [5, 5.41) is 13.0. The van der Waals surface area contributed by atoms with E-state index in [2.05, 4.69) is 36.3 Å². The first-order valence-corrected chi connectivity index (χ1v) is 15.6. The molecule has 212 valence electrons. The second-order valence-corrected chi connectivity index (χ2v) is 13.3. The molecule has 1 unspecified atom stereocenters. The Morgan fingerprint density at radius 1 is 1.00 bits per heavy atom. The number of carbonyl (C=O) groups is 2. The Morgan fingerprint density at radius 3 is 2.29 bits per heavy atom. The third-order valence-electron chi connectivity index (χ3n) is 7.45. The highest BCUT2D eigenvalue weighted by atomic mass is 32.2. The van der Waals surface area contributed by atoms with Crippen LogP contribution < -0.4 is 5.32 Å². The second kappa shape index (κ2) is 12.5. The van der Waals surface area contributed by atoms with Gasteiger partial charge >= 0.3 is 5.97 Å². The number of nitrogens with one attached hydrogen (secondary N) is 1. The minimum atomic E-state index is -0.396. The van der Waals surface area contributed by atoms with E-state index in [-0.39, 0.29) is 17.7 Å². The number of carbonyl (C=O) groups excluding carboxylic acids is 2. The zero-order valence-corrected chi connectivity index (χ0v) is 25.4. The molecule has 0 fully saturated rings. The molecule has 0 bridgehead atoms. The van der Waals surface area contributed by atoms with Crippen molar-refractivity contribution in [1.29, 1.82) is 0 Å². The Labute approximate surface area is 249 Å². The zero-order valence-electron chi connectivity index (χ0n) is 23.8. The number of nitrogens with zero attached hydrogens (tertiary/aromatic N) is 3. The number of ether oxygens (including phenoxy) is 1. The fourth-order valence-electron chi connectivity index (χ4n) is 5.12. The highest BCUT2D eigenvalue weighted by Crippen LogP contribution is 2.44. The number of anilines is 1. The van der Waals surface area contributed by atoms with Crippen LogP contribution in [0, 0.1) is 11.3 Å². The summed E-state index contributed by atoms with van der Waals surface area (Å²) in [5.74, 6) is 0.442. The molecular weight excluding hydrogens is 553 g/mol. The molecule has 2 aromatic carbocycles. The van der Waals surface area contributed by atoms with Crippen LogP contribution in [0.25, 0.3) is 22.5 Å². The Balaban J connectivity index is 1.28. The van der Waals surface area contributed by atoms with Gasteiger partial charge in [-0.3, -0.25) is 4.79 Å². The van der Waals surface area contributed by atoms with Crippen LogP contribution in [0.2, 0.25) is 0 Å². The van der Waals surface area contributed by atoms with Crippen LogP contribution in [0.1, 0.15) is 54.4 Å². The molecule has 5 rings (SSSR count). The number of hydrogen-bond acceptors (Lipinski definition) is 8. The van der Waals surface area contributed by atoms with E-state index in [1.165, 1.54) is 35.1 Å². The molecule has 2 aromatic heterocycles. The van der Waals surface area contributed by atoms with Gasteiger partial charge in [-0.1, -0.05) is 93.2 Å². The smallest absolute Gasteiger partial charge is 0.341 e. The molecule has 1 atom stereocenters. The van der Waals surface area contributed by atoms with Crippen molar-refractivity contribution >= 4 is 40.0 Å². The molecule has 1 aliphatic rings. The fourth-order valence-corrected chi connectivity index (χ4v) is 7.17. The van der Waals surface area contributed by atoms with E-state index in [0.717, 1.165) is 41.6 Å². The average molecular weight is 587 g/mol. The third-order valence-corrected chi connectivity index (χ3v) is 9.46. The van der Waals surface area contributed by atoms with Gasteiger partial charge in [0.05, 0.1) is 12.7 Å². The monoisotopic (exact) mass is 586 g/mol. The minimum absolute atomic E-state index is 0.161. The summed E-state index contributed by atoms with van der Waals surface area (Å²) in [4.78, 5) is 31.7. The Morgan fingerprint density at radius 2 is 1.66 bits per heavy atom. The number of aromatic nitrogens is 3. The third kappa shape index (κ3) is 6.68. The zero-order chi connectivity index (χ0) is 29.0. The van der Waals surface area contributed by atoms with Crippen LogP contribution in [0.15, 0.2) is 65.8 Å².